The third-order valence-electron chi connectivity index (χ3n) is 2.15. The second-order valence-electron chi connectivity index (χ2n) is 3.65. The van der Waals surface area contributed by atoms with E-state index in [1.165, 1.54) is 0 Å². The molecule has 0 aliphatic rings. The van der Waals surface area contributed by atoms with Crippen LogP contribution in [0.3, 0.4) is 0 Å². The molecule has 0 fully saturated rings. The molecule has 0 saturated heterocycles. The fourth-order valence-electron chi connectivity index (χ4n) is 1.23. The minimum absolute atomic E-state index is 0.110. The molecule has 0 radical (unpaired) electrons. The van der Waals surface area contributed by atoms with Crippen molar-refractivity contribution in [2.75, 3.05) is 33.5 Å². The molecule has 20 heavy (non-hydrogen) atoms. The molecule has 0 unspecified atom stereocenters. The standard InChI is InChI=1S/C10H15BrN2O6S/c1-17-4-5-18-3-2-13-10(14)7-6-8(9(11)19-7)20(12,15)16/h6H,2-5H2,1H3,(H,13,14)(H2,12,15,16). The van der Waals surface area contributed by atoms with Crippen LogP contribution in [0.1, 0.15) is 10.6 Å². The summed E-state index contributed by atoms with van der Waals surface area (Å²) in [6.07, 6.45) is 0. The Morgan fingerprint density at radius 1 is 1.45 bits per heavy atom. The van der Waals surface area contributed by atoms with Crippen molar-refractivity contribution >= 4 is 31.9 Å². The number of amides is 1. The van der Waals surface area contributed by atoms with Crippen LogP contribution in [0.4, 0.5) is 0 Å². The molecule has 1 heterocycles. The topological polar surface area (TPSA) is 121 Å². The van der Waals surface area contributed by atoms with Gasteiger partial charge in [0.2, 0.25) is 10.0 Å². The normalized spacial score (nSPS) is 11.6. The Hall–Kier alpha value is -0.940. The average Bonchev–Trinajstić information content (AvgIpc) is 2.75. The van der Waals surface area contributed by atoms with Gasteiger partial charge in [-0.15, -0.1) is 0 Å². The number of carbonyl (C=O) groups is 1. The van der Waals surface area contributed by atoms with Gasteiger partial charge in [0.05, 0.1) is 19.8 Å². The number of hydrogen-bond donors (Lipinski definition) is 2. The molecule has 3 N–H and O–H groups in total. The van der Waals surface area contributed by atoms with Gasteiger partial charge in [0.1, 0.15) is 4.90 Å². The van der Waals surface area contributed by atoms with Crippen molar-refractivity contribution < 1.29 is 27.1 Å². The smallest absolute Gasteiger partial charge is 0.287 e. The molecule has 0 saturated carbocycles. The first-order chi connectivity index (χ1) is 9.36. The maximum Gasteiger partial charge on any atom is 0.287 e. The number of rotatable bonds is 8. The maximum atomic E-state index is 11.7. The van der Waals surface area contributed by atoms with Gasteiger partial charge in [-0.3, -0.25) is 4.79 Å². The number of halogens is 1. The van der Waals surface area contributed by atoms with E-state index in [9.17, 15) is 13.2 Å². The van der Waals surface area contributed by atoms with E-state index in [-0.39, 0.29) is 21.9 Å². The van der Waals surface area contributed by atoms with E-state index in [1.807, 2.05) is 0 Å². The van der Waals surface area contributed by atoms with Gasteiger partial charge in [0.25, 0.3) is 5.91 Å². The number of nitrogens with two attached hydrogens (primary N) is 1. The van der Waals surface area contributed by atoms with Crippen LogP contribution in [0, 0.1) is 0 Å². The first kappa shape index (κ1) is 17.1. The number of furan rings is 1. The highest BCUT2D eigenvalue weighted by Gasteiger charge is 2.21. The average molecular weight is 371 g/mol. The highest BCUT2D eigenvalue weighted by atomic mass is 79.9. The van der Waals surface area contributed by atoms with Crippen LogP contribution in [0.25, 0.3) is 0 Å². The van der Waals surface area contributed by atoms with Gasteiger partial charge in [-0.05, 0) is 15.9 Å². The zero-order chi connectivity index (χ0) is 15.2. The van der Waals surface area contributed by atoms with Crippen molar-refractivity contribution in [1.82, 2.24) is 5.32 Å². The molecule has 0 bridgehead atoms. The number of sulfonamides is 1. The highest BCUT2D eigenvalue weighted by Crippen LogP contribution is 2.24. The zero-order valence-electron chi connectivity index (χ0n) is 10.7. The Balaban J connectivity index is 2.49. The molecule has 0 aliphatic heterocycles. The monoisotopic (exact) mass is 370 g/mol. The third kappa shape index (κ3) is 5.21. The Bertz CT molecular complexity index is 556. The van der Waals surface area contributed by atoms with Crippen molar-refractivity contribution in [1.29, 1.82) is 0 Å². The lowest BCUT2D eigenvalue weighted by molar-refractivity contribution is 0.0687. The van der Waals surface area contributed by atoms with Gasteiger partial charge in [-0.2, -0.15) is 0 Å². The number of hydrogen-bond acceptors (Lipinski definition) is 6. The fraction of sp³-hybridized carbons (Fsp3) is 0.500. The number of primary sulfonamides is 1. The van der Waals surface area contributed by atoms with Crippen molar-refractivity contribution in [2.45, 2.75) is 4.90 Å². The number of methoxy groups -OCH3 is 1. The largest absolute Gasteiger partial charge is 0.443 e. The summed E-state index contributed by atoms with van der Waals surface area (Å²) < 4.78 is 37.2. The Morgan fingerprint density at radius 2 is 2.15 bits per heavy atom. The second kappa shape index (κ2) is 7.74. The van der Waals surface area contributed by atoms with Gasteiger partial charge in [0, 0.05) is 19.7 Å². The van der Waals surface area contributed by atoms with Crippen LogP contribution in [0.2, 0.25) is 0 Å². The van der Waals surface area contributed by atoms with E-state index in [0.717, 1.165) is 6.07 Å². The molecule has 8 nitrogen and oxygen atoms in total. The van der Waals surface area contributed by atoms with Gasteiger partial charge in [0.15, 0.2) is 10.4 Å². The molecular weight excluding hydrogens is 356 g/mol. The second-order valence-corrected chi connectivity index (χ2v) is 5.90. The molecule has 0 aromatic carbocycles. The molecule has 0 atom stereocenters. The van der Waals surface area contributed by atoms with E-state index in [1.54, 1.807) is 7.11 Å². The van der Waals surface area contributed by atoms with Crippen LogP contribution in [-0.4, -0.2) is 47.8 Å². The summed E-state index contributed by atoms with van der Waals surface area (Å²) in [5.41, 5.74) is 0. The summed E-state index contributed by atoms with van der Waals surface area (Å²) in [5, 5.41) is 7.47. The third-order valence-corrected chi connectivity index (χ3v) is 3.92. The predicted octanol–water partition coefficient (Wildman–Crippen LogP) is 0.0823. The lowest BCUT2D eigenvalue weighted by atomic mass is 10.4. The summed E-state index contributed by atoms with van der Waals surface area (Å²) in [7, 11) is -2.38. The van der Waals surface area contributed by atoms with Crippen molar-refractivity contribution in [3.63, 3.8) is 0 Å². The van der Waals surface area contributed by atoms with E-state index >= 15 is 0 Å². The maximum absolute atomic E-state index is 11.7. The van der Waals surface area contributed by atoms with E-state index in [2.05, 4.69) is 21.2 Å². The van der Waals surface area contributed by atoms with Crippen LogP contribution in [0.15, 0.2) is 20.0 Å². The molecular formula is C10H15BrN2O6S. The van der Waals surface area contributed by atoms with Gasteiger partial charge < -0.3 is 19.2 Å². The van der Waals surface area contributed by atoms with Crippen LogP contribution >= 0.6 is 15.9 Å². The lowest BCUT2D eigenvalue weighted by Crippen LogP contribution is -2.27. The number of ether oxygens (including phenoxy) is 2. The Kier molecular flexibility index (Phi) is 6.62. The van der Waals surface area contributed by atoms with Crippen LogP contribution in [0.5, 0.6) is 0 Å². The molecule has 10 heteroatoms. The first-order valence-corrected chi connectivity index (χ1v) is 7.87. The van der Waals surface area contributed by atoms with Crippen LogP contribution in [-0.2, 0) is 19.5 Å². The summed E-state index contributed by atoms with van der Waals surface area (Å²) in [4.78, 5) is 11.4. The molecule has 1 aromatic rings. The van der Waals surface area contributed by atoms with Gasteiger partial charge in [-0.1, -0.05) is 0 Å². The van der Waals surface area contributed by atoms with Crippen molar-refractivity contribution in [3.8, 4) is 0 Å². The highest BCUT2D eigenvalue weighted by molar-refractivity contribution is 9.10. The lowest BCUT2D eigenvalue weighted by Gasteiger charge is -2.04. The quantitative estimate of drug-likeness (QED) is 0.625. The Morgan fingerprint density at radius 3 is 2.70 bits per heavy atom. The van der Waals surface area contributed by atoms with E-state index in [0.29, 0.717) is 19.8 Å². The van der Waals surface area contributed by atoms with E-state index in [4.69, 9.17) is 19.0 Å². The molecule has 0 spiro atoms. The minimum Gasteiger partial charge on any atom is -0.443 e. The molecule has 0 aliphatic carbocycles. The number of nitrogens with one attached hydrogen (secondary N) is 1. The van der Waals surface area contributed by atoms with Crippen molar-refractivity contribution in [2.24, 2.45) is 5.14 Å². The minimum atomic E-state index is -3.94. The van der Waals surface area contributed by atoms with Crippen LogP contribution < -0.4 is 10.5 Å². The summed E-state index contributed by atoms with van der Waals surface area (Å²) in [5.74, 6) is -0.714. The summed E-state index contributed by atoms with van der Waals surface area (Å²) in [6.45, 7) is 1.45. The van der Waals surface area contributed by atoms with Gasteiger partial charge in [-0.25, -0.2) is 13.6 Å². The zero-order valence-corrected chi connectivity index (χ0v) is 13.1. The summed E-state index contributed by atoms with van der Waals surface area (Å²) >= 11 is 2.89. The predicted molar refractivity (Wildman–Crippen MR) is 72.8 cm³/mol. The fourth-order valence-corrected chi connectivity index (χ4v) is 2.73. The first-order valence-electron chi connectivity index (χ1n) is 5.53. The molecule has 1 aromatic heterocycles. The Labute approximate surface area is 124 Å². The molecule has 114 valence electrons. The van der Waals surface area contributed by atoms with E-state index < -0.39 is 15.9 Å². The molecule has 1 rings (SSSR count). The van der Waals surface area contributed by atoms with Gasteiger partial charge >= 0.3 is 0 Å². The molecule has 1 amide bonds. The SMILES string of the molecule is COCCOCCNC(=O)c1cc(S(N)(=O)=O)c(Br)o1. The number of carbonyl (C=O) groups excluding carboxylic acids is 1. The summed E-state index contributed by atoms with van der Waals surface area (Å²) in [6, 6.07) is 1.06. The van der Waals surface area contributed by atoms with Crippen molar-refractivity contribution in [3.05, 3.63) is 16.5 Å².